The van der Waals surface area contributed by atoms with E-state index in [1.807, 2.05) is 54.6 Å². The third kappa shape index (κ3) is 2.87. The topological polar surface area (TPSA) is 55.1 Å². The molecule has 4 rings (SSSR count). The van der Waals surface area contributed by atoms with Crippen molar-refractivity contribution in [2.45, 2.75) is 18.4 Å². The van der Waals surface area contributed by atoms with Gasteiger partial charge in [0.1, 0.15) is 5.69 Å². The van der Waals surface area contributed by atoms with Crippen molar-refractivity contribution in [3.8, 4) is 11.3 Å². The Kier molecular flexibility index (Phi) is 3.73. The SMILES string of the molecule is O=C(NC1(c2ccc(Br)cc2)CC1)c1cc(-c2ccccc2)no1. The first-order chi connectivity index (χ1) is 11.7. The predicted octanol–water partition coefficient (Wildman–Crippen LogP) is 4.52. The fourth-order valence-electron chi connectivity index (χ4n) is 2.79. The number of hydrogen-bond donors (Lipinski definition) is 1. The zero-order valence-corrected chi connectivity index (χ0v) is 14.4. The number of carbonyl (C=O) groups excluding carboxylic acids is 1. The number of rotatable bonds is 4. The Morgan fingerprint density at radius 2 is 1.79 bits per heavy atom. The van der Waals surface area contributed by atoms with Crippen LogP contribution in [0.15, 0.2) is 69.7 Å². The maximum Gasteiger partial charge on any atom is 0.290 e. The van der Waals surface area contributed by atoms with Crippen molar-refractivity contribution in [1.82, 2.24) is 10.5 Å². The molecule has 0 aliphatic heterocycles. The summed E-state index contributed by atoms with van der Waals surface area (Å²) < 4.78 is 6.26. The van der Waals surface area contributed by atoms with Crippen LogP contribution >= 0.6 is 15.9 Å². The van der Waals surface area contributed by atoms with Crippen molar-refractivity contribution >= 4 is 21.8 Å². The van der Waals surface area contributed by atoms with Gasteiger partial charge >= 0.3 is 0 Å². The number of aromatic nitrogens is 1. The number of hydrogen-bond acceptors (Lipinski definition) is 3. The highest BCUT2D eigenvalue weighted by atomic mass is 79.9. The first-order valence-electron chi connectivity index (χ1n) is 7.77. The average Bonchev–Trinajstić information content (AvgIpc) is 3.21. The van der Waals surface area contributed by atoms with Gasteiger partial charge in [-0.3, -0.25) is 4.79 Å². The van der Waals surface area contributed by atoms with Crippen LogP contribution in [0.2, 0.25) is 0 Å². The molecule has 2 aromatic carbocycles. The lowest BCUT2D eigenvalue weighted by atomic mass is 10.0. The Bertz CT molecular complexity index is 868. The molecule has 1 aliphatic carbocycles. The molecule has 1 heterocycles. The fourth-order valence-corrected chi connectivity index (χ4v) is 3.05. The van der Waals surface area contributed by atoms with Gasteiger partial charge in [-0.25, -0.2) is 0 Å². The van der Waals surface area contributed by atoms with Crippen molar-refractivity contribution in [3.05, 3.63) is 76.5 Å². The van der Waals surface area contributed by atoms with Crippen LogP contribution in [0, 0.1) is 0 Å². The van der Waals surface area contributed by atoms with E-state index in [4.69, 9.17) is 4.52 Å². The number of amides is 1. The van der Waals surface area contributed by atoms with Crippen LogP contribution in [0.1, 0.15) is 29.0 Å². The number of halogens is 1. The van der Waals surface area contributed by atoms with Gasteiger partial charge in [0, 0.05) is 16.1 Å². The molecule has 1 N–H and O–H groups in total. The highest BCUT2D eigenvalue weighted by Crippen LogP contribution is 2.45. The van der Waals surface area contributed by atoms with Gasteiger partial charge in [0.2, 0.25) is 5.76 Å². The number of nitrogens with zero attached hydrogens (tertiary/aromatic N) is 1. The van der Waals surface area contributed by atoms with E-state index in [2.05, 4.69) is 26.4 Å². The van der Waals surface area contributed by atoms with Crippen molar-refractivity contribution < 1.29 is 9.32 Å². The molecule has 5 heteroatoms. The lowest BCUT2D eigenvalue weighted by Crippen LogP contribution is -2.34. The molecule has 0 unspecified atom stereocenters. The zero-order chi connectivity index (χ0) is 16.6. The minimum absolute atomic E-state index is 0.231. The molecule has 0 saturated heterocycles. The second-order valence-electron chi connectivity index (χ2n) is 5.99. The number of carbonyl (C=O) groups is 1. The summed E-state index contributed by atoms with van der Waals surface area (Å²) in [5.41, 5.74) is 2.42. The fraction of sp³-hybridized carbons (Fsp3) is 0.158. The lowest BCUT2D eigenvalue weighted by molar-refractivity contribution is 0.0893. The highest BCUT2D eigenvalue weighted by molar-refractivity contribution is 9.10. The summed E-state index contributed by atoms with van der Waals surface area (Å²) >= 11 is 3.43. The molecule has 0 bridgehead atoms. The van der Waals surface area contributed by atoms with Crippen LogP contribution in [0.3, 0.4) is 0 Å². The quantitative estimate of drug-likeness (QED) is 0.721. The van der Waals surface area contributed by atoms with E-state index >= 15 is 0 Å². The summed E-state index contributed by atoms with van der Waals surface area (Å²) in [6.45, 7) is 0. The Labute approximate surface area is 148 Å². The largest absolute Gasteiger partial charge is 0.350 e. The molecule has 0 atom stereocenters. The van der Waals surface area contributed by atoms with E-state index in [1.54, 1.807) is 6.07 Å². The van der Waals surface area contributed by atoms with E-state index in [-0.39, 0.29) is 17.2 Å². The van der Waals surface area contributed by atoms with E-state index in [1.165, 1.54) is 0 Å². The van der Waals surface area contributed by atoms with Crippen LogP contribution in [0.5, 0.6) is 0 Å². The first-order valence-corrected chi connectivity index (χ1v) is 8.56. The summed E-state index contributed by atoms with van der Waals surface area (Å²) in [6.07, 6.45) is 1.86. The first kappa shape index (κ1) is 15.1. The number of nitrogens with one attached hydrogen (secondary N) is 1. The number of benzene rings is 2. The lowest BCUT2D eigenvalue weighted by Gasteiger charge is -2.17. The van der Waals surface area contributed by atoms with Gasteiger partial charge in [0.15, 0.2) is 0 Å². The maximum atomic E-state index is 12.5. The smallest absolute Gasteiger partial charge is 0.290 e. The predicted molar refractivity (Wildman–Crippen MR) is 94.5 cm³/mol. The second-order valence-corrected chi connectivity index (χ2v) is 6.90. The van der Waals surface area contributed by atoms with Crippen molar-refractivity contribution in [2.75, 3.05) is 0 Å². The average molecular weight is 383 g/mol. The molecule has 24 heavy (non-hydrogen) atoms. The van der Waals surface area contributed by atoms with Gasteiger partial charge in [-0.15, -0.1) is 0 Å². The van der Waals surface area contributed by atoms with E-state index < -0.39 is 0 Å². The minimum atomic E-state index is -0.280. The monoisotopic (exact) mass is 382 g/mol. The van der Waals surface area contributed by atoms with Crippen LogP contribution < -0.4 is 5.32 Å². The summed E-state index contributed by atoms with van der Waals surface area (Å²) in [4.78, 5) is 12.5. The van der Waals surface area contributed by atoms with Crippen molar-refractivity contribution in [1.29, 1.82) is 0 Å². The molecule has 0 spiro atoms. The van der Waals surface area contributed by atoms with Crippen LogP contribution in [0.25, 0.3) is 11.3 Å². The highest BCUT2D eigenvalue weighted by Gasteiger charge is 2.46. The minimum Gasteiger partial charge on any atom is -0.350 e. The Balaban J connectivity index is 1.53. The maximum absolute atomic E-state index is 12.5. The molecular weight excluding hydrogens is 368 g/mol. The summed E-state index contributed by atoms with van der Waals surface area (Å²) in [6, 6.07) is 19.4. The summed E-state index contributed by atoms with van der Waals surface area (Å²) in [5, 5.41) is 7.10. The third-order valence-electron chi connectivity index (χ3n) is 4.30. The Morgan fingerprint density at radius 3 is 2.46 bits per heavy atom. The Hall–Kier alpha value is -2.40. The van der Waals surface area contributed by atoms with Crippen molar-refractivity contribution in [3.63, 3.8) is 0 Å². The van der Waals surface area contributed by atoms with Crippen LogP contribution in [-0.2, 0) is 5.54 Å². The summed E-state index contributed by atoms with van der Waals surface area (Å²) in [7, 11) is 0. The van der Waals surface area contributed by atoms with Crippen molar-refractivity contribution in [2.24, 2.45) is 0 Å². The van der Waals surface area contributed by atoms with Gasteiger partial charge < -0.3 is 9.84 Å². The molecule has 1 amide bonds. The third-order valence-corrected chi connectivity index (χ3v) is 4.83. The van der Waals surface area contributed by atoms with Gasteiger partial charge in [-0.05, 0) is 30.5 Å². The molecule has 1 fully saturated rings. The molecule has 3 aromatic rings. The molecule has 1 saturated carbocycles. The van der Waals surface area contributed by atoms with Crippen LogP contribution in [-0.4, -0.2) is 11.1 Å². The van der Waals surface area contributed by atoms with Gasteiger partial charge in [-0.1, -0.05) is 63.6 Å². The molecule has 4 nitrogen and oxygen atoms in total. The van der Waals surface area contributed by atoms with E-state index in [0.717, 1.165) is 28.4 Å². The summed E-state index contributed by atoms with van der Waals surface area (Å²) in [5.74, 6) is 0.00217. The molecule has 120 valence electrons. The van der Waals surface area contributed by atoms with E-state index in [0.29, 0.717) is 5.69 Å². The Morgan fingerprint density at radius 1 is 1.08 bits per heavy atom. The molecule has 0 radical (unpaired) electrons. The van der Waals surface area contributed by atoms with Gasteiger partial charge in [-0.2, -0.15) is 0 Å². The molecule has 1 aliphatic rings. The zero-order valence-electron chi connectivity index (χ0n) is 12.8. The molecule has 1 aromatic heterocycles. The van der Waals surface area contributed by atoms with Crippen LogP contribution in [0.4, 0.5) is 0 Å². The second kappa shape index (κ2) is 5.91. The van der Waals surface area contributed by atoms with Gasteiger partial charge in [0.05, 0.1) is 5.54 Å². The standard InChI is InChI=1S/C19H15BrN2O2/c20-15-8-6-14(7-9-15)19(10-11-19)21-18(23)17-12-16(22-24-17)13-4-2-1-3-5-13/h1-9,12H,10-11H2,(H,21,23). The van der Waals surface area contributed by atoms with E-state index in [9.17, 15) is 4.79 Å². The molecular formula is C19H15BrN2O2. The van der Waals surface area contributed by atoms with Gasteiger partial charge in [0.25, 0.3) is 5.91 Å². The normalized spacial score (nSPS) is 15.0.